The average molecular weight is 303 g/mol. The second kappa shape index (κ2) is 6.96. The molecule has 1 aromatic rings. The van der Waals surface area contributed by atoms with Gasteiger partial charge in [-0.2, -0.15) is 0 Å². The first-order chi connectivity index (χ1) is 10.3. The van der Waals surface area contributed by atoms with Crippen molar-refractivity contribution in [2.75, 3.05) is 19.7 Å². The first kappa shape index (κ1) is 15.1. The largest absolute Gasteiger partial charge is 0.395 e. The van der Waals surface area contributed by atoms with Crippen LogP contribution < -0.4 is 0 Å². The molecule has 0 amide bonds. The highest BCUT2D eigenvalue weighted by molar-refractivity contribution is 7.10. The normalized spacial score (nSPS) is 21.4. The van der Waals surface area contributed by atoms with Crippen molar-refractivity contribution in [3.63, 3.8) is 0 Å². The lowest BCUT2D eigenvalue weighted by atomic mass is 9.77. The highest BCUT2D eigenvalue weighted by Crippen LogP contribution is 2.46. The highest BCUT2D eigenvalue weighted by atomic mass is 32.1. The van der Waals surface area contributed by atoms with E-state index in [9.17, 15) is 0 Å². The van der Waals surface area contributed by atoms with Gasteiger partial charge in [-0.3, -0.25) is 4.90 Å². The molecule has 2 fully saturated rings. The number of hydrogen-bond acceptors (Lipinski definition) is 3. The van der Waals surface area contributed by atoms with Gasteiger partial charge in [0.2, 0.25) is 0 Å². The van der Waals surface area contributed by atoms with Gasteiger partial charge in [0.15, 0.2) is 0 Å². The highest BCUT2D eigenvalue weighted by Gasteiger charge is 2.36. The van der Waals surface area contributed by atoms with Crippen molar-refractivity contribution >= 4 is 11.3 Å². The van der Waals surface area contributed by atoms with E-state index in [0.717, 1.165) is 12.1 Å². The van der Waals surface area contributed by atoms with Gasteiger partial charge in [0.1, 0.15) is 0 Å². The van der Waals surface area contributed by atoms with Crippen LogP contribution in [0.1, 0.15) is 55.4 Å². The fourth-order valence-electron chi connectivity index (χ4n) is 3.78. The van der Waals surface area contributed by atoms with E-state index in [1.165, 1.54) is 56.5 Å². The van der Waals surface area contributed by atoms with Crippen LogP contribution in [0.2, 0.25) is 0 Å². The minimum Gasteiger partial charge on any atom is -0.395 e. The van der Waals surface area contributed by atoms with Gasteiger partial charge in [-0.15, -0.1) is 11.3 Å². The summed E-state index contributed by atoms with van der Waals surface area (Å²) in [6.07, 6.45) is 9.25. The second-order valence-electron chi connectivity index (χ2n) is 6.56. The Morgan fingerprint density at radius 3 is 2.67 bits per heavy atom. The van der Waals surface area contributed by atoms with Crippen LogP contribution >= 0.6 is 11.3 Å². The lowest BCUT2D eigenvalue weighted by Crippen LogP contribution is -2.38. The fourth-order valence-corrected chi connectivity index (χ4v) is 4.64. The molecule has 0 aromatic carbocycles. The van der Waals surface area contributed by atoms with Crippen molar-refractivity contribution in [1.29, 1.82) is 0 Å². The Hall–Kier alpha value is -0.820. The number of nitrogens with zero attached hydrogens (tertiary/aromatic N) is 1. The summed E-state index contributed by atoms with van der Waals surface area (Å²) >= 11 is 1.82. The standard InChI is InChI=1S/C18H25NOS/c20-12-4-1-5-16-13-17(21-15-16)14-19-10-8-18(9-11-19)6-2-3-7-18/h13,15,20H,2-4,6-12,14H2. The number of thiophene rings is 1. The summed E-state index contributed by atoms with van der Waals surface area (Å²) in [5.74, 6) is 6.12. The van der Waals surface area contributed by atoms with Crippen LogP contribution in [0.25, 0.3) is 0 Å². The predicted molar refractivity (Wildman–Crippen MR) is 88.3 cm³/mol. The molecule has 1 N–H and O–H groups in total. The van der Waals surface area contributed by atoms with Crippen molar-refractivity contribution < 1.29 is 5.11 Å². The SMILES string of the molecule is OCCC#Cc1csc(CN2CCC3(CCCC3)CC2)c1. The van der Waals surface area contributed by atoms with Crippen molar-refractivity contribution in [3.8, 4) is 11.8 Å². The van der Waals surface area contributed by atoms with E-state index in [1.807, 2.05) is 11.3 Å². The van der Waals surface area contributed by atoms with Crippen molar-refractivity contribution in [2.45, 2.75) is 51.5 Å². The molecule has 1 saturated heterocycles. The summed E-state index contributed by atoms with van der Waals surface area (Å²) < 4.78 is 0. The Morgan fingerprint density at radius 2 is 1.95 bits per heavy atom. The van der Waals surface area contributed by atoms with Crippen molar-refractivity contribution in [3.05, 3.63) is 21.9 Å². The maximum Gasteiger partial charge on any atom is 0.0540 e. The van der Waals surface area contributed by atoms with E-state index < -0.39 is 0 Å². The second-order valence-corrected chi connectivity index (χ2v) is 7.56. The van der Waals surface area contributed by atoms with Gasteiger partial charge in [-0.25, -0.2) is 0 Å². The average Bonchev–Trinajstić information content (AvgIpc) is 3.12. The third-order valence-electron chi connectivity index (χ3n) is 5.08. The molecule has 2 heterocycles. The van der Waals surface area contributed by atoms with E-state index in [1.54, 1.807) is 0 Å². The van der Waals surface area contributed by atoms with Crippen LogP contribution in [-0.4, -0.2) is 29.7 Å². The van der Waals surface area contributed by atoms with Crippen LogP contribution in [0.15, 0.2) is 11.4 Å². The molecule has 3 heteroatoms. The molecule has 2 nitrogen and oxygen atoms in total. The maximum atomic E-state index is 8.75. The molecular weight excluding hydrogens is 278 g/mol. The summed E-state index contributed by atoms with van der Waals surface area (Å²) in [5, 5.41) is 10.9. The van der Waals surface area contributed by atoms with E-state index >= 15 is 0 Å². The lowest BCUT2D eigenvalue weighted by molar-refractivity contribution is 0.104. The number of likely N-dealkylation sites (tertiary alicyclic amines) is 1. The molecule has 1 aliphatic heterocycles. The Labute approximate surface area is 132 Å². The molecule has 1 spiro atoms. The van der Waals surface area contributed by atoms with E-state index in [4.69, 9.17) is 5.11 Å². The predicted octanol–water partition coefficient (Wildman–Crippen LogP) is 3.64. The number of piperidine rings is 1. The van der Waals surface area contributed by atoms with Crippen LogP contribution in [-0.2, 0) is 6.54 Å². The number of aliphatic hydroxyl groups is 1. The summed E-state index contributed by atoms with van der Waals surface area (Å²) in [7, 11) is 0. The van der Waals surface area contributed by atoms with Crippen molar-refractivity contribution in [2.24, 2.45) is 5.41 Å². The Bertz CT molecular complexity index is 509. The topological polar surface area (TPSA) is 23.5 Å². The van der Waals surface area contributed by atoms with Crippen LogP contribution in [0, 0.1) is 17.3 Å². The molecule has 1 saturated carbocycles. The molecule has 2 aliphatic rings. The number of aliphatic hydroxyl groups excluding tert-OH is 1. The third-order valence-corrected chi connectivity index (χ3v) is 6.01. The van der Waals surface area contributed by atoms with Crippen LogP contribution in [0.4, 0.5) is 0 Å². The van der Waals surface area contributed by atoms with Crippen molar-refractivity contribution in [1.82, 2.24) is 4.90 Å². The van der Waals surface area contributed by atoms with Crippen LogP contribution in [0.3, 0.4) is 0 Å². The molecule has 0 radical (unpaired) electrons. The third kappa shape index (κ3) is 3.88. The first-order valence-corrected chi connectivity index (χ1v) is 9.07. The minimum absolute atomic E-state index is 0.152. The summed E-state index contributed by atoms with van der Waals surface area (Å²) in [6.45, 7) is 3.77. The van der Waals surface area contributed by atoms with Gasteiger partial charge >= 0.3 is 0 Å². The van der Waals surface area contributed by atoms with Gasteiger partial charge in [0.25, 0.3) is 0 Å². The lowest BCUT2D eigenvalue weighted by Gasteiger charge is -2.39. The van der Waals surface area contributed by atoms with E-state index in [2.05, 4.69) is 28.2 Å². The van der Waals surface area contributed by atoms with E-state index in [-0.39, 0.29) is 6.61 Å². The monoisotopic (exact) mass is 303 g/mol. The van der Waals surface area contributed by atoms with Crippen LogP contribution in [0.5, 0.6) is 0 Å². The van der Waals surface area contributed by atoms with Gasteiger partial charge in [0, 0.05) is 28.8 Å². The molecule has 1 aromatic heterocycles. The smallest absolute Gasteiger partial charge is 0.0540 e. The molecular formula is C18H25NOS. The maximum absolute atomic E-state index is 8.75. The zero-order chi connectivity index (χ0) is 14.5. The Kier molecular flexibility index (Phi) is 5.00. The number of rotatable bonds is 3. The number of hydrogen-bond donors (Lipinski definition) is 1. The molecule has 21 heavy (non-hydrogen) atoms. The zero-order valence-electron chi connectivity index (χ0n) is 12.7. The summed E-state index contributed by atoms with van der Waals surface area (Å²) in [4.78, 5) is 4.03. The fraction of sp³-hybridized carbons (Fsp3) is 0.667. The molecule has 114 valence electrons. The van der Waals surface area contributed by atoms with Gasteiger partial charge in [-0.05, 0) is 50.3 Å². The van der Waals surface area contributed by atoms with Gasteiger partial charge < -0.3 is 5.11 Å². The quantitative estimate of drug-likeness (QED) is 0.862. The molecule has 3 rings (SSSR count). The van der Waals surface area contributed by atoms with Gasteiger partial charge in [-0.1, -0.05) is 24.7 Å². The Morgan fingerprint density at radius 1 is 1.19 bits per heavy atom. The van der Waals surface area contributed by atoms with Gasteiger partial charge in [0.05, 0.1) is 6.61 Å². The summed E-state index contributed by atoms with van der Waals surface area (Å²) in [5.41, 5.74) is 1.82. The molecule has 0 atom stereocenters. The molecule has 1 aliphatic carbocycles. The zero-order valence-corrected chi connectivity index (χ0v) is 13.6. The molecule has 0 unspecified atom stereocenters. The van der Waals surface area contributed by atoms with E-state index in [0.29, 0.717) is 11.8 Å². The first-order valence-electron chi connectivity index (χ1n) is 8.19. The molecule has 0 bridgehead atoms. The minimum atomic E-state index is 0.152. The summed E-state index contributed by atoms with van der Waals surface area (Å²) in [6, 6.07) is 2.22. The Balaban J connectivity index is 1.50.